The Bertz CT molecular complexity index is 1180. The first-order chi connectivity index (χ1) is 29.5. The van der Waals surface area contributed by atoms with Gasteiger partial charge in [-0.2, -0.15) is 0 Å². The molecule has 3 atom stereocenters. The van der Waals surface area contributed by atoms with Crippen molar-refractivity contribution in [3.8, 4) is 0 Å². The van der Waals surface area contributed by atoms with Crippen LogP contribution < -0.4 is 10.2 Å². The fourth-order valence-electron chi connectivity index (χ4n) is 7.11. The molecule has 0 saturated heterocycles. The number of amides is 1. The minimum atomic E-state index is -4.59. The number of aliphatic hydroxyl groups excluding tert-OH is 1. The lowest BCUT2D eigenvalue weighted by Crippen LogP contribution is -2.46. The monoisotopic (exact) mass is 877 g/mol. The summed E-state index contributed by atoms with van der Waals surface area (Å²) in [6.45, 7) is 4.54. The first-order valence-electron chi connectivity index (χ1n) is 25.1. The van der Waals surface area contributed by atoms with Gasteiger partial charge in [0.05, 0.1) is 39.9 Å². The van der Waals surface area contributed by atoms with Crippen molar-refractivity contribution in [2.45, 2.75) is 225 Å². The van der Waals surface area contributed by atoms with Gasteiger partial charge in [-0.1, -0.05) is 229 Å². The summed E-state index contributed by atoms with van der Waals surface area (Å²) in [4.78, 5) is 25.3. The third kappa shape index (κ3) is 46.0. The summed E-state index contributed by atoms with van der Waals surface area (Å²) >= 11 is 0. The average molecular weight is 877 g/mol. The lowest BCUT2D eigenvalue weighted by atomic mass is 10.0. The van der Waals surface area contributed by atoms with Crippen LogP contribution in [0.1, 0.15) is 213 Å². The first kappa shape index (κ1) is 59.2. The summed E-state index contributed by atoms with van der Waals surface area (Å²) in [5.74, 6) is -0.291. The van der Waals surface area contributed by atoms with Gasteiger partial charge in [0.15, 0.2) is 0 Å². The fourth-order valence-corrected chi connectivity index (χ4v) is 7.83. The topological polar surface area (TPSA) is 108 Å². The Labute approximate surface area is 377 Å². The van der Waals surface area contributed by atoms with E-state index < -0.39 is 20.0 Å². The van der Waals surface area contributed by atoms with Gasteiger partial charge in [-0.05, 0) is 38.5 Å². The van der Waals surface area contributed by atoms with Crippen molar-refractivity contribution in [2.75, 3.05) is 40.9 Å². The number of rotatable bonds is 45. The van der Waals surface area contributed by atoms with Crippen LogP contribution in [0.4, 0.5) is 0 Å². The number of aliphatic hydroxyl groups is 1. The number of phosphoric ester groups is 1. The fraction of sp³-hybridized carbons (Fsp3) is 0.788. The minimum absolute atomic E-state index is 0.00648. The zero-order valence-corrected chi connectivity index (χ0v) is 41.2. The van der Waals surface area contributed by atoms with Crippen LogP contribution in [0.2, 0.25) is 0 Å². The number of hydrogen-bond donors (Lipinski definition) is 2. The maximum Gasteiger partial charge on any atom is 0.268 e. The van der Waals surface area contributed by atoms with Gasteiger partial charge in [-0.25, -0.2) is 0 Å². The molecule has 2 N–H and O–H groups in total. The maximum atomic E-state index is 12.8. The van der Waals surface area contributed by atoms with Crippen molar-refractivity contribution in [3.63, 3.8) is 0 Å². The summed E-state index contributed by atoms with van der Waals surface area (Å²) in [5, 5.41) is 13.9. The smallest absolute Gasteiger partial charge is 0.268 e. The van der Waals surface area contributed by atoms with Gasteiger partial charge in [0.2, 0.25) is 5.91 Å². The van der Waals surface area contributed by atoms with Crippen molar-refractivity contribution in [1.82, 2.24) is 5.32 Å². The molecule has 61 heavy (non-hydrogen) atoms. The van der Waals surface area contributed by atoms with Crippen molar-refractivity contribution >= 4 is 13.7 Å². The Hall–Kier alpha value is -1.80. The minimum Gasteiger partial charge on any atom is -0.756 e. The predicted octanol–water partition coefficient (Wildman–Crippen LogP) is 14.0. The Morgan fingerprint density at radius 1 is 0.574 bits per heavy atom. The highest BCUT2D eigenvalue weighted by molar-refractivity contribution is 7.45. The predicted molar refractivity (Wildman–Crippen MR) is 261 cm³/mol. The van der Waals surface area contributed by atoms with Gasteiger partial charge in [-0.3, -0.25) is 9.36 Å². The number of nitrogens with one attached hydrogen (secondary N) is 1. The molecule has 0 rings (SSSR count). The summed E-state index contributed by atoms with van der Waals surface area (Å²) in [6.07, 6.45) is 57.1. The molecular weight excluding hydrogens is 780 g/mol. The Kier molecular flexibility index (Phi) is 42.2. The second-order valence-electron chi connectivity index (χ2n) is 18.2. The number of quaternary nitrogens is 1. The van der Waals surface area contributed by atoms with E-state index in [0.717, 1.165) is 44.9 Å². The summed E-state index contributed by atoms with van der Waals surface area (Å²) in [5.41, 5.74) is 0. The Morgan fingerprint density at radius 2 is 0.934 bits per heavy atom. The van der Waals surface area contributed by atoms with Crippen molar-refractivity contribution in [3.05, 3.63) is 60.8 Å². The highest BCUT2D eigenvalue weighted by Crippen LogP contribution is 2.38. The number of phosphoric acid groups is 1. The third-order valence-corrected chi connectivity index (χ3v) is 12.0. The van der Waals surface area contributed by atoms with Crippen LogP contribution in [0.25, 0.3) is 0 Å². The second-order valence-corrected chi connectivity index (χ2v) is 19.6. The zero-order valence-electron chi connectivity index (χ0n) is 40.4. The molecule has 0 aliphatic heterocycles. The van der Waals surface area contributed by atoms with E-state index in [1.807, 2.05) is 27.2 Å². The molecule has 0 bridgehead atoms. The van der Waals surface area contributed by atoms with Crippen molar-refractivity contribution in [1.29, 1.82) is 0 Å². The first-order valence-corrected chi connectivity index (χ1v) is 26.6. The van der Waals surface area contributed by atoms with E-state index in [-0.39, 0.29) is 25.5 Å². The molecule has 0 heterocycles. The lowest BCUT2D eigenvalue weighted by molar-refractivity contribution is -0.870. The van der Waals surface area contributed by atoms with Gasteiger partial charge in [0.1, 0.15) is 13.2 Å². The number of carbonyl (C=O) groups excluding carboxylic acids is 1. The molecule has 0 radical (unpaired) electrons. The molecule has 3 unspecified atom stereocenters. The average Bonchev–Trinajstić information content (AvgIpc) is 3.21. The Balaban J connectivity index is 4.31. The number of nitrogens with zero attached hydrogens (tertiary/aromatic N) is 1. The lowest BCUT2D eigenvalue weighted by Gasteiger charge is -2.30. The normalized spacial score (nSPS) is 14.7. The summed E-state index contributed by atoms with van der Waals surface area (Å²) in [7, 11) is 1.24. The quantitative estimate of drug-likeness (QED) is 0.0273. The summed E-state index contributed by atoms with van der Waals surface area (Å²) in [6, 6.07) is -0.857. The van der Waals surface area contributed by atoms with Crippen LogP contribution in [0.3, 0.4) is 0 Å². The van der Waals surface area contributed by atoms with Gasteiger partial charge < -0.3 is 28.8 Å². The molecule has 0 aromatic heterocycles. The van der Waals surface area contributed by atoms with E-state index >= 15 is 0 Å². The van der Waals surface area contributed by atoms with Crippen LogP contribution in [-0.2, 0) is 18.4 Å². The molecule has 0 aliphatic rings. The van der Waals surface area contributed by atoms with Crippen molar-refractivity contribution < 1.29 is 32.9 Å². The molecule has 0 fully saturated rings. The van der Waals surface area contributed by atoms with Gasteiger partial charge in [-0.15, -0.1) is 0 Å². The number of allylic oxidation sites excluding steroid dienone is 9. The number of hydrogen-bond acceptors (Lipinski definition) is 6. The van der Waals surface area contributed by atoms with E-state index in [1.165, 1.54) is 135 Å². The molecule has 1 amide bonds. The third-order valence-electron chi connectivity index (χ3n) is 11.0. The highest BCUT2D eigenvalue weighted by atomic mass is 31.2. The van der Waals surface area contributed by atoms with Crippen LogP contribution in [0, 0.1) is 0 Å². The molecule has 0 aromatic rings. The van der Waals surface area contributed by atoms with E-state index in [1.54, 1.807) is 6.08 Å². The zero-order chi connectivity index (χ0) is 45.0. The van der Waals surface area contributed by atoms with Crippen LogP contribution >= 0.6 is 7.82 Å². The van der Waals surface area contributed by atoms with Crippen LogP contribution in [0.15, 0.2) is 60.8 Å². The van der Waals surface area contributed by atoms with E-state index in [0.29, 0.717) is 23.9 Å². The molecule has 8 nitrogen and oxygen atoms in total. The standard InChI is InChI=1S/C52H97N2O6P/c1-6-8-10-12-14-16-18-20-22-23-24-25-26-27-28-29-30-32-33-35-37-39-41-43-45-51(55)50(49-60-61(57,58)59-48-47-54(3,4)5)53-52(56)46-44-42-40-38-36-34-31-21-19-17-15-13-11-9-7-2/h9,11,15,17,21,31,36,38,42,44,50-51,55H,6-8,10,12-14,16,18-20,22-30,32-35,37,39-41,43,45-49H2,1-5H3,(H-,53,56,57,58)/b11-9-,17-15-,31-21-,38-36-,44-42-. The molecular formula is C52H97N2O6P. The molecule has 9 heteroatoms. The molecule has 0 aliphatic carbocycles. The Morgan fingerprint density at radius 3 is 1.31 bits per heavy atom. The van der Waals surface area contributed by atoms with E-state index in [4.69, 9.17) is 9.05 Å². The molecule has 0 spiro atoms. The largest absolute Gasteiger partial charge is 0.756 e. The van der Waals surface area contributed by atoms with E-state index in [2.05, 4.69) is 67.8 Å². The second kappa shape index (κ2) is 43.5. The van der Waals surface area contributed by atoms with Crippen molar-refractivity contribution in [2.24, 2.45) is 0 Å². The van der Waals surface area contributed by atoms with Gasteiger partial charge in [0.25, 0.3) is 7.82 Å². The maximum absolute atomic E-state index is 12.8. The number of likely N-dealkylation sites (N-methyl/N-ethyl adjacent to an activating group) is 1. The van der Waals surface area contributed by atoms with Gasteiger partial charge >= 0.3 is 0 Å². The SMILES string of the molecule is CC/C=C\C/C=C\C/C=C\C/C=C\C/C=C\CC(=O)NC(COP(=O)([O-])OCC[N+](C)(C)C)C(O)CCCCCCCCCCCCCCCCCCCCCCCCCC. The van der Waals surface area contributed by atoms with Crippen LogP contribution in [0.5, 0.6) is 0 Å². The van der Waals surface area contributed by atoms with E-state index in [9.17, 15) is 19.4 Å². The molecule has 0 aromatic carbocycles. The highest BCUT2D eigenvalue weighted by Gasteiger charge is 2.24. The molecule has 356 valence electrons. The number of unbranched alkanes of at least 4 members (excludes halogenated alkanes) is 23. The summed E-state index contributed by atoms with van der Waals surface area (Å²) < 4.78 is 23.3. The van der Waals surface area contributed by atoms with Gasteiger partial charge in [0, 0.05) is 6.42 Å². The number of carbonyl (C=O) groups is 1. The van der Waals surface area contributed by atoms with Crippen LogP contribution in [-0.4, -0.2) is 68.5 Å². The molecule has 0 saturated carbocycles.